The number of aromatic nitrogens is 2. The van der Waals surface area contributed by atoms with Crippen LogP contribution < -0.4 is 10.2 Å². The molecular formula is C16H22N4. The highest BCUT2D eigenvalue weighted by Gasteiger charge is 2.19. The zero-order chi connectivity index (χ0) is 13.9. The minimum Gasteiger partial charge on any atom is -0.359 e. The highest BCUT2D eigenvalue weighted by molar-refractivity contribution is 5.90. The molecule has 0 saturated heterocycles. The van der Waals surface area contributed by atoms with Gasteiger partial charge in [-0.2, -0.15) is 4.98 Å². The minimum absolute atomic E-state index is 0.692. The molecule has 0 unspecified atom stereocenters. The molecule has 1 aromatic carbocycles. The van der Waals surface area contributed by atoms with Crippen molar-refractivity contribution in [2.75, 3.05) is 30.9 Å². The number of benzene rings is 1. The van der Waals surface area contributed by atoms with Crippen molar-refractivity contribution in [2.24, 2.45) is 5.92 Å². The van der Waals surface area contributed by atoms with E-state index in [1.54, 1.807) is 0 Å². The van der Waals surface area contributed by atoms with Gasteiger partial charge >= 0.3 is 0 Å². The number of hydrogen-bond acceptors (Lipinski definition) is 4. The molecule has 1 fully saturated rings. The van der Waals surface area contributed by atoms with Crippen LogP contribution in [0.3, 0.4) is 0 Å². The molecule has 0 atom stereocenters. The fourth-order valence-corrected chi connectivity index (χ4v) is 3.13. The molecule has 3 rings (SSSR count). The van der Waals surface area contributed by atoms with Gasteiger partial charge in [0, 0.05) is 26.0 Å². The van der Waals surface area contributed by atoms with Crippen LogP contribution >= 0.6 is 0 Å². The highest BCUT2D eigenvalue weighted by Crippen LogP contribution is 2.29. The van der Waals surface area contributed by atoms with Crippen LogP contribution in [-0.4, -0.2) is 30.6 Å². The standard InChI is InChI=1S/C16H22N4/c1-17-16-18-14-10-6-5-9-13(14)15(19-16)20(2)11-12-7-3-4-8-12/h5-6,9-10,12H,3-4,7-8,11H2,1-2H3,(H,17,18,19). The van der Waals surface area contributed by atoms with Crippen molar-refractivity contribution < 1.29 is 0 Å². The molecule has 1 aliphatic rings. The maximum Gasteiger partial charge on any atom is 0.224 e. The van der Waals surface area contributed by atoms with Crippen molar-refractivity contribution in [1.29, 1.82) is 0 Å². The van der Waals surface area contributed by atoms with E-state index in [0.717, 1.165) is 29.2 Å². The van der Waals surface area contributed by atoms with Gasteiger partial charge in [0.05, 0.1) is 5.52 Å². The smallest absolute Gasteiger partial charge is 0.224 e. The molecule has 2 aromatic rings. The molecule has 1 saturated carbocycles. The van der Waals surface area contributed by atoms with Crippen LogP contribution in [0.15, 0.2) is 24.3 Å². The summed E-state index contributed by atoms with van der Waals surface area (Å²) in [5.41, 5.74) is 1.00. The Bertz CT molecular complexity index is 590. The quantitative estimate of drug-likeness (QED) is 0.925. The summed E-state index contributed by atoms with van der Waals surface area (Å²) in [5.74, 6) is 2.54. The predicted octanol–water partition coefficient (Wildman–Crippen LogP) is 3.30. The lowest BCUT2D eigenvalue weighted by Gasteiger charge is -2.23. The number of fused-ring (bicyclic) bond motifs is 1. The Balaban J connectivity index is 1.95. The van der Waals surface area contributed by atoms with Gasteiger partial charge in [0.15, 0.2) is 0 Å². The Kier molecular flexibility index (Phi) is 3.72. The summed E-state index contributed by atoms with van der Waals surface area (Å²) in [6.07, 6.45) is 5.47. The Morgan fingerprint density at radius 2 is 1.95 bits per heavy atom. The van der Waals surface area contributed by atoms with E-state index in [1.165, 1.54) is 25.7 Å². The van der Waals surface area contributed by atoms with Gasteiger partial charge in [-0.05, 0) is 30.9 Å². The Morgan fingerprint density at radius 3 is 2.70 bits per heavy atom. The van der Waals surface area contributed by atoms with E-state index in [-0.39, 0.29) is 0 Å². The molecule has 0 amide bonds. The monoisotopic (exact) mass is 270 g/mol. The van der Waals surface area contributed by atoms with E-state index in [2.05, 4.69) is 39.4 Å². The molecule has 4 nitrogen and oxygen atoms in total. The second-order valence-corrected chi connectivity index (χ2v) is 5.67. The van der Waals surface area contributed by atoms with E-state index in [4.69, 9.17) is 0 Å². The van der Waals surface area contributed by atoms with E-state index >= 15 is 0 Å². The summed E-state index contributed by atoms with van der Waals surface area (Å²) >= 11 is 0. The number of hydrogen-bond donors (Lipinski definition) is 1. The maximum atomic E-state index is 4.67. The highest BCUT2D eigenvalue weighted by atomic mass is 15.2. The lowest BCUT2D eigenvalue weighted by atomic mass is 10.1. The summed E-state index contributed by atoms with van der Waals surface area (Å²) in [6.45, 7) is 1.09. The van der Waals surface area contributed by atoms with Crippen molar-refractivity contribution >= 4 is 22.7 Å². The maximum absolute atomic E-state index is 4.67. The van der Waals surface area contributed by atoms with Gasteiger partial charge in [0.1, 0.15) is 5.82 Å². The van der Waals surface area contributed by atoms with Crippen molar-refractivity contribution in [2.45, 2.75) is 25.7 Å². The first-order chi connectivity index (χ1) is 9.78. The second kappa shape index (κ2) is 5.65. The van der Waals surface area contributed by atoms with Crippen LogP contribution in [0.2, 0.25) is 0 Å². The first-order valence-electron chi connectivity index (χ1n) is 7.43. The largest absolute Gasteiger partial charge is 0.359 e. The van der Waals surface area contributed by atoms with Crippen LogP contribution in [-0.2, 0) is 0 Å². The zero-order valence-electron chi connectivity index (χ0n) is 12.3. The van der Waals surface area contributed by atoms with Crippen LogP contribution in [0.5, 0.6) is 0 Å². The number of para-hydroxylation sites is 1. The Hall–Kier alpha value is -1.84. The fraction of sp³-hybridized carbons (Fsp3) is 0.500. The van der Waals surface area contributed by atoms with Gasteiger partial charge in [0.2, 0.25) is 5.95 Å². The normalized spacial score (nSPS) is 15.7. The third-order valence-electron chi connectivity index (χ3n) is 4.18. The SMILES string of the molecule is CNc1nc(N(C)CC2CCCC2)c2ccccc2n1. The molecule has 4 heteroatoms. The van der Waals surface area contributed by atoms with Crippen LogP contribution in [0.4, 0.5) is 11.8 Å². The molecule has 0 spiro atoms. The van der Waals surface area contributed by atoms with Crippen molar-refractivity contribution in [1.82, 2.24) is 9.97 Å². The number of rotatable bonds is 4. The number of anilines is 2. The molecule has 1 heterocycles. The second-order valence-electron chi connectivity index (χ2n) is 5.67. The average Bonchev–Trinajstić information content (AvgIpc) is 2.98. The number of nitrogens with one attached hydrogen (secondary N) is 1. The topological polar surface area (TPSA) is 41.1 Å². The first kappa shape index (κ1) is 13.2. The predicted molar refractivity (Wildman–Crippen MR) is 84.3 cm³/mol. The van der Waals surface area contributed by atoms with Gasteiger partial charge in [0.25, 0.3) is 0 Å². The number of nitrogens with zero attached hydrogens (tertiary/aromatic N) is 3. The lowest BCUT2D eigenvalue weighted by Crippen LogP contribution is -2.25. The molecule has 20 heavy (non-hydrogen) atoms. The fourth-order valence-electron chi connectivity index (χ4n) is 3.13. The van der Waals surface area contributed by atoms with Crippen LogP contribution in [0.1, 0.15) is 25.7 Å². The summed E-state index contributed by atoms with van der Waals surface area (Å²) in [5, 5.41) is 4.19. The van der Waals surface area contributed by atoms with E-state index in [9.17, 15) is 0 Å². The van der Waals surface area contributed by atoms with Crippen LogP contribution in [0.25, 0.3) is 10.9 Å². The molecule has 106 valence electrons. The van der Waals surface area contributed by atoms with E-state index < -0.39 is 0 Å². The van der Waals surface area contributed by atoms with Crippen molar-refractivity contribution in [3.63, 3.8) is 0 Å². The molecule has 0 aliphatic heterocycles. The van der Waals surface area contributed by atoms with Gasteiger partial charge in [-0.15, -0.1) is 0 Å². The molecule has 0 bridgehead atoms. The summed E-state index contributed by atoms with van der Waals surface area (Å²) in [4.78, 5) is 11.5. The molecule has 1 N–H and O–H groups in total. The third-order valence-corrected chi connectivity index (χ3v) is 4.18. The van der Waals surface area contributed by atoms with Gasteiger partial charge in [-0.25, -0.2) is 4.98 Å². The van der Waals surface area contributed by atoms with Crippen molar-refractivity contribution in [3.8, 4) is 0 Å². The lowest BCUT2D eigenvalue weighted by molar-refractivity contribution is 0.545. The van der Waals surface area contributed by atoms with Gasteiger partial charge < -0.3 is 10.2 Å². The summed E-state index contributed by atoms with van der Waals surface area (Å²) < 4.78 is 0. The first-order valence-corrected chi connectivity index (χ1v) is 7.43. The van der Waals surface area contributed by atoms with E-state index in [0.29, 0.717) is 5.95 Å². The van der Waals surface area contributed by atoms with Gasteiger partial charge in [-0.1, -0.05) is 25.0 Å². The molecule has 1 aliphatic carbocycles. The third kappa shape index (κ3) is 2.55. The average molecular weight is 270 g/mol. The van der Waals surface area contributed by atoms with Crippen LogP contribution in [0, 0.1) is 5.92 Å². The Labute approximate surface area is 120 Å². The summed E-state index contributed by atoms with van der Waals surface area (Å²) in [6, 6.07) is 8.23. The summed E-state index contributed by atoms with van der Waals surface area (Å²) in [7, 11) is 4.01. The zero-order valence-corrected chi connectivity index (χ0v) is 12.3. The minimum atomic E-state index is 0.692. The molecule has 1 aromatic heterocycles. The van der Waals surface area contributed by atoms with Gasteiger partial charge in [-0.3, -0.25) is 0 Å². The molecule has 0 radical (unpaired) electrons. The molecular weight excluding hydrogens is 248 g/mol. The Morgan fingerprint density at radius 1 is 1.20 bits per heavy atom. The van der Waals surface area contributed by atoms with Crippen molar-refractivity contribution in [3.05, 3.63) is 24.3 Å². The van der Waals surface area contributed by atoms with E-state index in [1.807, 2.05) is 19.2 Å².